The van der Waals surface area contributed by atoms with Gasteiger partial charge in [0.05, 0.1) is 23.5 Å². The molecule has 0 N–H and O–H groups in total. The van der Waals surface area contributed by atoms with E-state index in [2.05, 4.69) is 4.90 Å². The minimum atomic E-state index is 0.0317. The lowest BCUT2D eigenvalue weighted by Gasteiger charge is -2.25. The average Bonchev–Trinajstić information content (AvgIpc) is 2.67. The molecule has 1 unspecified atom stereocenters. The normalized spacial score (nSPS) is 21.1. The molecule has 1 fully saturated rings. The Morgan fingerprint density at radius 2 is 2.41 bits per heavy atom. The second kappa shape index (κ2) is 5.96. The highest BCUT2D eigenvalue weighted by atomic mass is 35.5. The van der Waals surface area contributed by atoms with Gasteiger partial charge < -0.3 is 9.64 Å². The SMILES string of the molecule is CN(Cc1ccc(Cl)s1)CC1COCCC1=O. The van der Waals surface area contributed by atoms with Gasteiger partial charge in [0.1, 0.15) is 5.78 Å². The van der Waals surface area contributed by atoms with Crippen molar-refractivity contribution >= 4 is 28.7 Å². The van der Waals surface area contributed by atoms with E-state index in [0.29, 0.717) is 25.4 Å². The summed E-state index contributed by atoms with van der Waals surface area (Å²) in [7, 11) is 2.02. The summed E-state index contributed by atoms with van der Waals surface area (Å²) in [6.45, 7) is 2.74. The highest BCUT2D eigenvalue weighted by Gasteiger charge is 2.24. The molecule has 1 atom stereocenters. The van der Waals surface area contributed by atoms with Crippen LogP contribution in [0.2, 0.25) is 4.34 Å². The van der Waals surface area contributed by atoms with E-state index in [4.69, 9.17) is 16.3 Å². The van der Waals surface area contributed by atoms with Crippen LogP contribution < -0.4 is 0 Å². The average molecular weight is 274 g/mol. The monoisotopic (exact) mass is 273 g/mol. The summed E-state index contributed by atoms with van der Waals surface area (Å²) in [5.74, 6) is 0.358. The van der Waals surface area contributed by atoms with E-state index in [0.717, 1.165) is 17.4 Å². The maximum Gasteiger partial charge on any atom is 0.141 e. The fourth-order valence-electron chi connectivity index (χ4n) is 1.99. The summed E-state index contributed by atoms with van der Waals surface area (Å²) in [6, 6.07) is 3.94. The Morgan fingerprint density at radius 3 is 3.06 bits per heavy atom. The van der Waals surface area contributed by atoms with Crippen LogP contribution in [0.3, 0.4) is 0 Å². The van der Waals surface area contributed by atoms with Gasteiger partial charge in [-0.25, -0.2) is 0 Å². The maximum absolute atomic E-state index is 11.7. The molecule has 3 nitrogen and oxygen atoms in total. The van der Waals surface area contributed by atoms with Gasteiger partial charge in [-0.15, -0.1) is 11.3 Å². The van der Waals surface area contributed by atoms with Crippen LogP contribution in [0, 0.1) is 5.92 Å². The molecule has 1 aromatic heterocycles. The Bertz CT molecular complexity index is 394. The molecule has 0 saturated carbocycles. The zero-order valence-electron chi connectivity index (χ0n) is 9.82. The van der Waals surface area contributed by atoms with Gasteiger partial charge in [-0.1, -0.05) is 11.6 Å². The van der Waals surface area contributed by atoms with Gasteiger partial charge >= 0.3 is 0 Å². The van der Waals surface area contributed by atoms with Crippen molar-refractivity contribution in [3.05, 3.63) is 21.3 Å². The van der Waals surface area contributed by atoms with E-state index >= 15 is 0 Å². The van der Waals surface area contributed by atoms with E-state index in [1.54, 1.807) is 11.3 Å². The van der Waals surface area contributed by atoms with E-state index in [1.165, 1.54) is 4.88 Å². The number of carbonyl (C=O) groups excluding carboxylic acids is 1. The number of rotatable bonds is 4. The van der Waals surface area contributed by atoms with Crippen LogP contribution in [0.4, 0.5) is 0 Å². The molecule has 1 aliphatic heterocycles. The quantitative estimate of drug-likeness (QED) is 0.844. The highest BCUT2D eigenvalue weighted by molar-refractivity contribution is 7.16. The maximum atomic E-state index is 11.7. The molecule has 0 aliphatic carbocycles. The number of Topliss-reactive ketones (excluding diaryl/α,β-unsaturated/α-hetero) is 1. The highest BCUT2D eigenvalue weighted by Crippen LogP contribution is 2.23. The molecule has 5 heteroatoms. The predicted molar refractivity (Wildman–Crippen MR) is 69.6 cm³/mol. The van der Waals surface area contributed by atoms with Crippen molar-refractivity contribution in [3.8, 4) is 0 Å². The summed E-state index contributed by atoms with van der Waals surface area (Å²) in [4.78, 5) is 15.0. The third kappa shape index (κ3) is 3.78. The molecule has 2 rings (SSSR count). The first kappa shape index (κ1) is 13.0. The summed E-state index contributed by atoms with van der Waals surface area (Å²) >= 11 is 7.47. The van der Waals surface area contributed by atoms with Crippen LogP contribution >= 0.6 is 22.9 Å². The van der Waals surface area contributed by atoms with E-state index in [1.807, 2.05) is 19.2 Å². The largest absolute Gasteiger partial charge is 0.380 e. The number of ketones is 1. The molecule has 0 bridgehead atoms. The second-order valence-corrected chi connectivity index (χ2v) is 6.19. The summed E-state index contributed by atoms with van der Waals surface area (Å²) in [5.41, 5.74) is 0. The van der Waals surface area contributed by atoms with E-state index in [9.17, 15) is 4.79 Å². The molecule has 0 radical (unpaired) electrons. The number of halogens is 1. The fourth-order valence-corrected chi connectivity index (χ4v) is 3.16. The van der Waals surface area contributed by atoms with Crippen molar-refractivity contribution in [1.82, 2.24) is 4.90 Å². The Balaban J connectivity index is 1.84. The number of carbonyl (C=O) groups is 1. The lowest BCUT2D eigenvalue weighted by Crippen LogP contribution is -2.36. The molecule has 1 aliphatic rings. The van der Waals surface area contributed by atoms with Gasteiger partial charge in [-0.2, -0.15) is 0 Å². The summed E-state index contributed by atoms with van der Waals surface area (Å²) in [5, 5.41) is 0. The van der Waals surface area contributed by atoms with Crippen LogP contribution in [0.1, 0.15) is 11.3 Å². The number of nitrogens with zero attached hydrogens (tertiary/aromatic N) is 1. The van der Waals surface area contributed by atoms with Crippen LogP contribution in [-0.4, -0.2) is 37.5 Å². The number of hydrogen-bond donors (Lipinski definition) is 0. The third-order valence-corrected chi connectivity index (χ3v) is 4.07. The van der Waals surface area contributed by atoms with E-state index < -0.39 is 0 Å². The molecule has 0 spiro atoms. The van der Waals surface area contributed by atoms with Gasteiger partial charge in [0.25, 0.3) is 0 Å². The van der Waals surface area contributed by atoms with Crippen molar-refractivity contribution < 1.29 is 9.53 Å². The molecule has 0 aromatic carbocycles. The lowest BCUT2D eigenvalue weighted by molar-refractivity contribution is -0.131. The number of thiophene rings is 1. The molecule has 1 saturated heterocycles. The van der Waals surface area contributed by atoms with Crippen molar-refractivity contribution in [2.24, 2.45) is 5.92 Å². The molecule has 2 heterocycles. The first-order valence-corrected chi connectivity index (χ1v) is 6.88. The van der Waals surface area contributed by atoms with E-state index in [-0.39, 0.29) is 5.92 Å². The Hall–Kier alpha value is -0.420. The van der Waals surface area contributed by atoms with Crippen molar-refractivity contribution in [1.29, 1.82) is 0 Å². The summed E-state index contributed by atoms with van der Waals surface area (Å²) in [6.07, 6.45) is 0.559. The van der Waals surface area contributed by atoms with Crippen LogP contribution in [-0.2, 0) is 16.1 Å². The molecule has 0 amide bonds. The molecule has 1 aromatic rings. The van der Waals surface area contributed by atoms with Gasteiger partial charge in [0, 0.05) is 24.4 Å². The van der Waals surface area contributed by atoms with Gasteiger partial charge in [0.15, 0.2) is 0 Å². The smallest absolute Gasteiger partial charge is 0.141 e. The minimum absolute atomic E-state index is 0.0317. The van der Waals surface area contributed by atoms with Crippen molar-refractivity contribution in [3.63, 3.8) is 0 Å². The third-order valence-electron chi connectivity index (χ3n) is 2.85. The van der Waals surface area contributed by atoms with Gasteiger partial charge in [-0.05, 0) is 19.2 Å². The minimum Gasteiger partial charge on any atom is -0.380 e. The summed E-state index contributed by atoms with van der Waals surface area (Å²) < 4.78 is 6.15. The molecule has 17 heavy (non-hydrogen) atoms. The Labute approximate surface area is 110 Å². The van der Waals surface area contributed by atoms with Crippen LogP contribution in [0.5, 0.6) is 0 Å². The first-order chi connectivity index (χ1) is 8.15. The van der Waals surface area contributed by atoms with Gasteiger partial charge in [0.2, 0.25) is 0 Å². The van der Waals surface area contributed by atoms with Crippen molar-refractivity contribution in [2.75, 3.05) is 26.8 Å². The number of hydrogen-bond acceptors (Lipinski definition) is 4. The van der Waals surface area contributed by atoms with Crippen LogP contribution in [0.15, 0.2) is 12.1 Å². The molecule has 94 valence electrons. The zero-order chi connectivity index (χ0) is 12.3. The molecular weight excluding hydrogens is 258 g/mol. The standard InChI is InChI=1S/C12H16ClNO2S/c1-14(7-10-2-3-12(13)17-10)6-9-8-16-5-4-11(9)15/h2-3,9H,4-8H2,1H3. The zero-order valence-corrected chi connectivity index (χ0v) is 11.4. The predicted octanol–water partition coefficient (Wildman–Crippen LogP) is 2.44. The Morgan fingerprint density at radius 1 is 1.59 bits per heavy atom. The fraction of sp³-hybridized carbons (Fsp3) is 0.583. The van der Waals surface area contributed by atoms with Gasteiger partial charge in [-0.3, -0.25) is 4.79 Å². The first-order valence-electron chi connectivity index (χ1n) is 5.68. The van der Waals surface area contributed by atoms with Crippen LogP contribution in [0.25, 0.3) is 0 Å². The molecular formula is C12H16ClNO2S. The Kier molecular flexibility index (Phi) is 4.56. The topological polar surface area (TPSA) is 29.5 Å². The second-order valence-electron chi connectivity index (χ2n) is 4.39. The van der Waals surface area contributed by atoms with Crippen molar-refractivity contribution in [2.45, 2.75) is 13.0 Å². The lowest BCUT2D eigenvalue weighted by atomic mass is 10.0. The number of ether oxygens (including phenoxy) is 1.